The lowest BCUT2D eigenvalue weighted by molar-refractivity contribution is -0.143. The highest BCUT2D eigenvalue weighted by Crippen LogP contribution is 2.23. The lowest BCUT2D eigenvalue weighted by Crippen LogP contribution is -2.50. The Labute approximate surface area is 79.5 Å². The molecule has 0 unspecified atom stereocenters. The predicted octanol–water partition coefficient (Wildman–Crippen LogP) is 1.48. The van der Waals surface area contributed by atoms with Crippen molar-refractivity contribution >= 4 is 5.97 Å². The van der Waals surface area contributed by atoms with Crippen LogP contribution in [0.15, 0.2) is 0 Å². The number of rotatable bonds is 2. The van der Waals surface area contributed by atoms with Crippen molar-refractivity contribution in [3.63, 3.8) is 0 Å². The summed E-state index contributed by atoms with van der Waals surface area (Å²) < 4.78 is 0. The number of carbonyl (C=O) groups is 1. The summed E-state index contributed by atoms with van der Waals surface area (Å²) in [6, 6.07) is 0.601. The van der Waals surface area contributed by atoms with E-state index in [2.05, 4.69) is 19.2 Å². The Bertz CT molecular complexity index is 191. The van der Waals surface area contributed by atoms with Gasteiger partial charge in [0.25, 0.3) is 0 Å². The Morgan fingerprint density at radius 2 is 2.08 bits per heavy atom. The third-order valence-electron chi connectivity index (χ3n) is 2.99. The number of hydrogen-bond acceptors (Lipinski definition) is 2. The molecule has 0 spiro atoms. The third kappa shape index (κ3) is 2.44. The van der Waals surface area contributed by atoms with Gasteiger partial charge in [0.15, 0.2) is 0 Å². The lowest BCUT2D eigenvalue weighted by atomic mass is 9.84. The van der Waals surface area contributed by atoms with E-state index in [1.807, 2.05) is 6.92 Å². The normalized spacial score (nSPS) is 34.9. The molecule has 1 fully saturated rings. The van der Waals surface area contributed by atoms with Gasteiger partial charge in [0.2, 0.25) is 0 Å². The van der Waals surface area contributed by atoms with Crippen LogP contribution in [0.2, 0.25) is 0 Å². The summed E-state index contributed by atoms with van der Waals surface area (Å²) in [5.41, 5.74) is 0. The maximum absolute atomic E-state index is 10.8. The molecular weight excluding hydrogens is 166 g/mol. The first-order valence-electron chi connectivity index (χ1n) is 5.01. The van der Waals surface area contributed by atoms with E-state index in [4.69, 9.17) is 5.11 Å². The first kappa shape index (κ1) is 10.5. The van der Waals surface area contributed by atoms with Crippen molar-refractivity contribution in [2.75, 3.05) is 0 Å². The van der Waals surface area contributed by atoms with E-state index >= 15 is 0 Å². The van der Waals surface area contributed by atoms with Crippen LogP contribution in [0.5, 0.6) is 0 Å². The second kappa shape index (κ2) is 4.09. The number of nitrogens with one attached hydrogen (secondary N) is 1. The fourth-order valence-corrected chi connectivity index (χ4v) is 2.01. The van der Waals surface area contributed by atoms with E-state index in [0.29, 0.717) is 12.0 Å². The first-order valence-corrected chi connectivity index (χ1v) is 5.01. The van der Waals surface area contributed by atoms with Crippen LogP contribution in [0, 0.1) is 11.8 Å². The molecule has 0 aromatic rings. The number of piperidine rings is 1. The first-order chi connectivity index (χ1) is 6.02. The molecule has 1 heterocycles. The van der Waals surface area contributed by atoms with Gasteiger partial charge >= 0.3 is 5.97 Å². The minimum Gasteiger partial charge on any atom is -0.481 e. The Morgan fingerprint density at radius 3 is 2.46 bits per heavy atom. The summed E-state index contributed by atoms with van der Waals surface area (Å²) in [6.07, 6.45) is 1.80. The molecule has 3 heteroatoms. The summed E-state index contributed by atoms with van der Waals surface area (Å²) in [4.78, 5) is 10.8. The van der Waals surface area contributed by atoms with Crippen LogP contribution in [0.3, 0.4) is 0 Å². The molecule has 1 saturated heterocycles. The number of aliphatic carboxylic acids is 1. The van der Waals surface area contributed by atoms with Gasteiger partial charge in [0, 0.05) is 12.1 Å². The molecule has 1 aliphatic rings. The van der Waals surface area contributed by atoms with Crippen LogP contribution >= 0.6 is 0 Å². The second-order valence-electron chi connectivity index (χ2n) is 4.33. The van der Waals surface area contributed by atoms with Crippen LogP contribution in [0.25, 0.3) is 0 Å². The van der Waals surface area contributed by atoms with Crippen LogP contribution < -0.4 is 5.32 Å². The second-order valence-corrected chi connectivity index (χ2v) is 4.33. The molecule has 0 aromatic carbocycles. The fraction of sp³-hybridized carbons (Fsp3) is 0.900. The summed E-state index contributed by atoms with van der Waals surface area (Å²) in [5.74, 6) is -0.269. The zero-order valence-electron chi connectivity index (χ0n) is 8.58. The van der Waals surface area contributed by atoms with Crippen LogP contribution in [0.1, 0.15) is 33.6 Å². The van der Waals surface area contributed by atoms with E-state index < -0.39 is 5.97 Å². The maximum atomic E-state index is 10.8. The predicted molar refractivity (Wildman–Crippen MR) is 51.6 cm³/mol. The maximum Gasteiger partial charge on any atom is 0.308 e. The highest BCUT2D eigenvalue weighted by molar-refractivity contribution is 5.71. The van der Waals surface area contributed by atoms with Crippen LogP contribution in [0.4, 0.5) is 0 Å². The Kier molecular flexibility index (Phi) is 3.31. The Hall–Kier alpha value is -0.570. The topological polar surface area (TPSA) is 49.3 Å². The average Bonchev–Trinajstić information content (AvgIpc) is 2.03. The molecule has 0 saturated carbocycles. The average molecular weight is 185 g/mol. The van der Waals surface area contributed by atoms with Crippen molar-refractivity contribution < 1.29 is 9.90 Å². The van der Waals surface area contributed by atoms with Gasteiger partial charge in [-0.25, -0.2) is 0 Å². The molecule has 1 rings (SSSR count). The molecule has 3 atom stereocenters. The van der Waals surface area contributed by atoms with Gasteiger partial charge in [-0.2, -0.15) is 0 Å². The third-order valence-corrected chi connectivity index (χ3v) is 2.99. The van der Waals surface area contributed by atoms with Gasteiger partial charge in [-0.1, -0.05) is 13.8 Å². The molecular formula is C10H19NO2. The molecule has 0 amide bonds. The van der Waals surface area contributed by atoms with Gasteiger partial charge < -0.3 is 10.4 Å². The van der Waals surface area contributed by atoms with Crippen LogP contribution in [-0.2, 0) is 4.79 Å². The highest BCUT2D eigenvalue weighted by atomic mass is 16.4. The fourth-order valence-electron chi connectivity index (χ4n) is 2.01. The molecule has 13 heavy (non-hydrogen) atoms. The van der Waals surface area contributed by atoms with E-state index in [0.717, 1.165) is 12.8 Å². The summed E-state index contributed by atoms with van der Waals surface area (Å²) in [6.45, 7) is 6.31. The molecule has 0 radical (unpaired) electrons. The molecule has 3 nitrogen and oxygen atoms in total. The summed E-state index contributed by atoms with van der Waals surface area (Å²) in [7, 11) is 0. The van der Waals surface area contributed by atoms with Crippen molar-refractivity contribution in [3.05, 3.63) is 0 Å². The Balaban J connectivity index is 2.51. The van der Waals surface area contributed by atoms with Crippen molar-refractivity contribution in [1.29, 1.82) is 0 Å². The summed E-state index contributed by atoms with van der Waals surface area (Å²) in [5, 5.41) is 12.3. The zero-order valence-corrected chi connectivity index (χ0v) is 8.58. The van der Waals surface area contributed by atoms with E-state index in [1.54, 1.807) is 0 Å². The number of carboxylic acid groups (broad SMARTS) is 1. The number of carboxylic acids is 1. The quantitative estimate of drug-likeness (QED) is 0.685. The minimum atomic E-state index is -0.665. The van der Waals surface area contributed by atoms with Gasteiger partial charge in [-0.3, -0.25) is 4.79 Å². The molecule has 0 aliphatic carbocycles. The standard InChI is InChI=1S/C10H19NO2/c1-6(2)9-5-4-8(10(12)13)7(3)11-9/h6-9,11H,4-5H2,1-3H3,(H,12,13)/t7-,8+,9-/m0/s1. The Morgan fingerprint density at radius 1 is 1.46 bits per heavy atom. The van der Waals surface area contributed by atoms with Gasteiger partial charge in [0.1, 0.15) is 0 Å². The minimum absolute atomic E-state index is 0.110. The molecule has 2 N–H and O–H groups in total. The largest absolute Gasteiger partial charge is 0.481 e. The monoisotopic (exact) mass is 185 g/mol. The van der Waals surface area contributed by atoms with Crippen molar-refractivity contribution in [2.24, 2.45) is 11.8 Å². The van der Waals surface area contributed by atoms with Gasteiger partial charge in [0.05, 0.1) is 5.92 Å². The zero-order chi connectivity index (χ0) is 10.0. The highest BCUT2D eigenvalue weighted by Gasteiger charge is 2.32. The SMILES string of the molecule is CC(C)[C@@H]1CC[C@@H](C(=O)O)[C@H](C)N1. The summed E-state index contributed by atoms with van der Waals surface area (Å²) >= 11 is 0. The van der Waals surface area contributed by atoms with Crippen molar-refractivity contribution in [2.45, 2.75) is 45.7 Å². The van der Waals surface area contributed by atoms with Crippen molar-refractivity contribution in [1.82, 2.24) is 5.32 Å². The van der Waals surface area contributed by atoms with Crippen molar-refractivity contribution in [3.8, 4) is 0 Å². The van der Waals surface area contributed by atoms with E-state index in [-0.39, 0.29) is 12.0 Å². The smallest absolute Gasteiger partial charge is 0.308 e. The molecule has 76 valence electrons. The lowest BCUT2D eigenvalue weighted by Gasteiger charge is -2.35. The van der Waals surface area contributed by atoms with E-state index in [1.165, 1.54) is 0 Å². The molecule has 0 bridgehead atoms. The molecule has 1 aliphatic heterocycles. The van der Waals surface area contributed by atoms with Gasteiger partial charge in [-0.15, -0.1) is 0 Å². The van der Waals surface area contributed by atoms with E-state index in [9.17, 15) is 4.79 Å². The van der Waals surface area contributed by atoms with Crippen LogP contribution in [-0.4, -0.2) is 23.2 Å². The van der Waals surface area contributed by atoms with Gasteiger partial charge in [-0.05, 0) is 25.7 Å². The number of hydrogen-bond donors (Lipinski definition) is 2. The molecule has 0 aromatic heterocycles.